The average molecular weight is 297 g/mol. The Morgan fingerprint density at radius 1 is 1.18 bits per heavy atom. The largest absolute Gasteiger partial charge is 0.338 e. The van der Waals surface area contributed by atoms with Crippen molar-refractivity contribution in [3.8, 4) is 0 Å². The quantitative estimate of drug-likeness (QED) is 0.573. The zero-order valence-electron chi connectivity index (χ0n) is 11.3. The summed E-state index contributed by atoms with van der Waals surface area (Å²) in [6.45, 7) is 0. The van der Waals surface area contributed by atoms with Gasteiger partial charge in [-0.05, 0) is 18.2 Å². The van der Waals surface area contributed by atoms with Gasteiger partial charge in [0.05, 0.1) is 16.0 Å². The van der Waals surface area contributed by atoms with Gasteiger partial charge in [-0.2, -0.15) is 0 Å². The van der Waals surface area contributed by atoms with Gasteiger partial charge in [0.25, 0.3) is 5.69 Å². The van der Waals surface area contributed by atoms with Crippen LogP contribution in [0.4, 0.5) is 16.2 Å². The van der Waals surface area contributed by atoms with Crippen LogP contribution < -0.4 is 10.7 Å². The standard InChI is InChI=1S/C14H11N5O3/c20-14(16-10-4-3-5-11(8-10)19(21)22)17-18-9-15-12-6-1-2-7-13(12)18/h1-9H,(H2,16,17,20). The molecule has 3 rings (SSSR count). The molecule has 0 spiro atoms. The molecule has 2 N–H and O–H groups in total. The highest BCUT2D eigenvalue weighted by Gasteiger charge is 2.09. The molecule has 3 aromatic rings. The van der Waals surface area contributed by atoms with E-state index in [1.165, 1.54) is 29.2 Å². The van der Waals surface area contributed by atoms with Gasteiger partial charge in [-0.25, -0.2) is 19.9 Å². The van der Waals surface area contributed by atoms with Gasteiger partial charge >= 0.3 is 6.03 Å². The van der Waals surface area contributed by atoms with Crippen LogP contribution in [0, 0.1) is 10.1 Å². The van der Waals surface area contributed by atoms with Crippen LogP contribution in [-0.4, -0.2) is 20.6 Å². The van der Waals surface area contributed by atoms with E-state index in [4.69, 9.17) is 0 Å². The molecular formula is C14H11N5O3. The molecule has 0 aliphatic rings. The fraction of sp³-hybridized carbons (Fsp3) is 0. The van der Waals surface area contributed by atoms with Crippen molar-refractivity contribution >= 4 is 28.4 Å². The zero-order valence-corrected chi connectivity index (χ0v) is 11.3. The number of amides is 2. The second-order valence-corrected chi connectivity index (χ2v) is 4.48. The molecule has 8 nitrogen and oxygen atoms in total. The SMILES string of the molecule is O=C(Nc1cccc([N+](=O)[O-])c1)Nn1cnc2ccccc21. The van der Waals surface area contributed by atoms with Gasteiger partial charge in [-0.3, -0.25) is 10.1 Å². The van der Waals surface area contributed by atoms with Crippen molar-refractivity contribution in [3.63, 3.8) is 0 Å². The highest BCUT2D eigenvalue weighted by atomic mass is 16.6. The first-order chi connectivity index (χ1) is 10.6. The van der Waals surface area contributed by atoms with Gasteiger partial charge in [0, 0.05) is 17.8 Å². The third-order valence-electron chi connectivity index (χ3n) is 2.99. The Bertz CT molecular complexity index is 858. The number of carbonyl (C=O) groups excluding carboxylic acids is 1. The molecule has 0 radical (unpaired) electrons. The Kier molecular flexibility index (Phi) is 3.40. The number of nitro benzene ring substituents is 1. The van der Waals surface area contributed by atoms with Crippen LogP contribution in [0.2, 0.25) is 0 Å². The highest BCUT2D eigenvalue weighted by Crippen LogP contribution is 2.17. The first kappa shape index (κ1) is 13.6. The van der Waals surface area contributed by atoms with Crippen LogP contribution in [0.25, 0.3) is 11.0 Å². The first-order valence-electron chi connectivity index (χ1n) is 6.38. The number of aromatic nitrogens is 2. The lowest BCUT2D eigenvalue weighted by Crippen LogP contribution is -2.27. The third-order valence-corrected chi connectivity index (χ3v) is 2.99. The lowest BCUT2D eigenvalue weighted by atomic mass is 10.3. The molecule has 2 amide bonds. The fourth-order valence-corrected chi connectivity index (χ4v) is 2.01. The second-order valence-electron chi connectivity index (χ2n) is 4.48. The molecule has 0 unspecified atom stereocenters. The number of hydrogen-bond acceptors (Lipinski definition) is 4. The van der Waals surface area contributed by atoms with E-state index in [1.807, 2.05) is 24.3 Å². The summed E-state index contributed by atoms with van der Waals surface area (Å²) in [7, 11) is 0. The number of non-ortho nitro benzene ring substituents is 1. The summed E-state index contributed by atoms with van der Waals surface area (Å²) in [4.78, 5) is 26.3. The minimum atomic E-state index is -0.524. The third kappa shape index (κ3) is 2.70. The summed E-state index contributed by atoms with van der Waals surface area (Å²) in [6.07, 6.45) is 1.48. The van der Waals surface area contributed by atoms with Crippen LogP contribution in [0.3, 0.4) is 0 Å². The van der Waals surface area contributed by atoms with Crippen molar-refractivity contribution in [1.29, 1.82) is 0 Å². The maximum absolute atomic E-state index is 12.0. The summed E-state index contributed by atoms with van der Waals surface area (Å²) in [5.74, 6) is 0. The van der Waals surface area contributed by atoms with Crippen molar-refractivity contribution in [2.24, 2.45) is 0 Å². The lowest BCUT2D eigenvalue weighted by Gasteiger charge is -2.08. The van der Waals surface area contributed by atoms with Gasteiger partial charge in [-0.1, -0.05) is 18.2 Å². The number of urea groups is 1. The number of rotatable bonds is 3. The van der Waals surface area contributed by atoms with Gasteiger partial charge in [-0.15, -0.1) is 0 Å². The number of nitrogens with one attached hydrogen (secondary N) is 2. The van der Waals surface area contributed by atoms with E-state index < -0.39 is 11.0 Å². The van der Waals surface area contributed by atoms with E-state index in [-0.39, 0.29) is 5.69 Å². The van der Waals surface area contributed by atoms with Crippen LogP contribution in [0.1, 0.15) is 0 Å². The van der Waals surface area contributed by atoms with Crippen molar-refractivity contribution in [2.45, 2.75) is 0 Å². The molecule has 110 valence electrons. The van der Waals surface area contributed by atoms with Gasteiger partial charge < -0.3 is 5.32 Å². The number of hydrogen-bond donors (Lipinski definition) is 2. The van der Waals surface area contributed by atoms with Gasteiger partial charge in [0.15, 0.2) is 0 Å². The second kappa shape index (κ2) is 5.52. The summed E-state index contributed by atoms with van der Waals surface area (Å²) >= 11 is 0. The van der Waals surface area contributed by atoms with E-state index in [0.29, 0.717) is 5.69 Å². The summed E-state index contributed by atoms with van der Waals surface area (Å²) in [6, 6.07) is 12.5. The molecular weight excluding hydrogens is 286 g/mol. The number of fused-ring (bicyclic) bond motifs is 1. The highest BCUT2D eigenvalue weighted by molar-refractivity contribution is 5.96. The number of para-hydroxylation sites is 2. The van der Waals surface area contributed by atoms with Crippen LogP contribution >= 0.6 is 0 Å². The number of imidazole rings is 1. The monoisotopic (exact) mass is 297 g/mol. The number of nitro groups is 1. The molecule has 1 aromatic heterocycles. The van der Waals surface area contributed by atoms with Crippen LogP contribution in [0.15, 0.2) is 54.9 Å². The summed E-state index contributed by atoms with van der Waals surface area (Å²) in [5.41, 5.74) is 4.33. The molecule has 2 aromatic carbocycles. The van der Waals surface area contributed by atoms with Crippen molar-refractivity contribution in [1.82, 2.24) is 9.66 Å². The van der Waals surface area contributed by atoms with E-state index in [9.17, 15) is 14.9 Å². The maximum atomic E-state index is 12.0. The minimum absolute atomic E-state index is 0.0918. The number of benzene rings is 2. The Morgan fingerprint density at radius 2 is 2.00 bits per heavy atom. The topological polar surface area (TPSA) is 102 Å². The van der Waals surface area contributed by atoms with Crippen LogP contribution in [-0.2, 0) is 0 Å². The smallest absolute Gasteiger partial charge is 0.306 e. The molecule has 0 saturated carbocycles. The molecule has 1 heterocycles. The first-order valence-corrected chi connectivity index (χ1v) is 6.38. The minimum Gasteiger partial charge on any atom is -0.306 e. The number of anilines is 1. The van der Waals surface area contributed by atoms with E-state index in [1.54, 1.807) is 6.07 Å². The number of nitrogens with zero attached hydrogens (tertiary/aromatic N) is 3. The van der Waals surface area contributed by atoms with Crippen LogP contribution in [0.5, 0.6) is 0 Å². The van der Waals surface area contributed by atoms with E-state index in [2.05, 4.69) is 15.7 Å². The Labute approximate surface area is 124 Å². The normalized spacial score (nSPS) is 10.4. The van der Waals surface area contributed by atoms with Crippen molar-refractivity contribution in [3.05, 3.63) is 65.0 Å². The molecule has 22 heavy (non-hydrogen) atoms. The molecule has 8 heteroatoms. The fourth-order valence-electron chi connectivity index (χ4n) is 2.01. The average Bonchev–Trinajstić information content (AvgIpc) is 2.91. The zero-order chi connectivity index (χ0) is 15.5. The molecule has 0 bridgehead atoms. The van der Waals surface area contributed by atoms with Crippen molar-refractivity contribution in [2.75, 3.05) is 10.7 Å². The van der Waals surface area contributed by atoms with Crippen molar-refractivity contribution < 1.29 is 9.72 Å². The lowest BCUT2D eigenvalue weighted by molar-refractivity contribution is -0.384. The maximum Gasteiger partial charge on any atom is 0.338 e. The Morgan fingerprint density at radius 3 is 2.82 bits per heavy atom. The predicted molar refractivity (Wildman–Crippen MR) is 81.2 cm³/mol. The Balaban J connectivity index is 1.75. The van der Waals surface area contributed by atoms with E-state index >= 15 is 0 Å². The molecule has 0 atom stereocenters. The van der Waals surface area contributed by atoms with Gasteiger partial charge in [0.2, 0.25) is 0 Å². The molecule has 0 aliphatic heterocycles. The van der Waals surface area contributed by atoms with Gasteiger partial charge in [0.1, 0.15) is 6.33 Å². The predicted octanol–water partition coefficient (Wildman–Crippen LogP) is 2.72. The Hall–Kier alpha value is -3.42. The van der Waals surface area contributed by atoms with E-state index in [0.717, 1.165) is 11.0 Å². The molecule has 0 fully saturated rings. The number of carbonyl (C=O) groups is 1. The summed E-state index contributed by atoms with van der Waals surface area (Å²) in [5, 5.41) is 13.2. The summed E-state index contributed by atoms with van der Waals surface area (Å²) < 4.78 is 1.47. The molecule has 0 saturated heterocycles. The molecule has 0 aliphatic carbocycles.